The molecule has 0 aliphatic rings. The maximum Gasteiger partial charge on any atom is 0.134 e. The minimum Gasteiger partial charge on any atom is -0.377 e. The van der Waals surface area contributed by atoms with Crippen LogP contribution < -0.4 is 0 Å². The summed E-state index contributed by atoms with van der Waals surface area (Å²) in [4.78, 5) is 2.39. The fraction of sp³-hybridized carbons (Fsp3) is 0.167. The summed E-state index contributed by atoms with van der Waals surface area (Å²) in [5, 5.41) is 9.34. The Morgan fingerprint density at radius 1 is 1.57 bits per heavy atom. The standard InChI is InChI=1S/C12H12OS/c1-3-4-5-11(13)7-9-12-8-6-10(2)14-12/h3,6-9,11,13H,1H2,2H3/b9-7+. The zero-order chi connectivity index (χ0) is 10.4. The molecule has 1 unspecified atom stereocenters. The van der Waals surface area contributed by atoms with Crippen LogP contribution in [0.25, 0.3) is 6.08 Å². The van der Waals surface area contributed by atoms with Crippen molar-refractivity contribution in [1.29, 1.82) is 0 Å². The molecule has 0 aliphatic carbocycles. The molecule has 1 rings (SSSR count). The molecule has 0 spiro atoms. The summed E-state index contributed by atoms with van der Waals surface area (Å²) >= 11 is 1.69. The maximum absolute atomic E-state index is 9.34. The fourth-order valence-corrected chi connectivity index (χ4v) is 1.71. The number of aliphatic hydroxyl groups is 1. The van der Waals surface area contributed by atoms with Gasteiger partial charge in [0.2, 0.25) is 0 Å². The Labute approximate surface area is 88.4 Å². The lowest BCUT2D eigenvalue weighted by atomic mass is 10.3. The Morgan fingerprint density at radius 2 is 2.36 bits per heavy atom. The third kappa shape index (κ3) is 3.61. The van der Waals surface area contributed by atoms with Crippen LogP contribution in [-0.2, 0) is 0 Å². The smallest absolute Gasteiger partial charge is 0.134 e. The number of aryl methyl sites for hydroxylation is 1. The van der Waals surface area contributed by atoms with Crippen LogP contribution >= 0.6 is 11.3 Å². The molecule has 1 aromatic heterocycles. The zero-order valence-electron chi connectivity index (χ0n) is 8.03. The lowest BCUT2D eigenvalue weighted by molar-refractivity contribution is 0.281. The van der Waals surface area contributed by atoms with Gasteiger partial charge in [-0.25, -0.2) is 0 Å². The minimum atomic E-state index is -0.713. The molecule has 0 aromatic carbocycles. The summed E-state index contributed by atoms with van der Waals surface area (Å²) in [6.45, 7) is 5.50. The van der Waals surface area contributed by atoms with Crippen LogP contribution in [0.5, 0.6) is 0 Å². The van der Waals surface area contributed by atoms with Crippen molar-refractivity contribution in [3.05, 3.63) is 40.6 Å². The highest BCUT2D eigenvalue weighted by molar-refractivity contribution is 7.12. The van der Waals surface area contributed by atoms with Crippen molar-refractivity contribution in [3.63, 3.8) is 0 Å². The van der Waals surface area contributed by atoms with Crippen LogP contribution in [0.1, 0.15) is 9.75 Å². The van der Waals surface area contributed by atoms with Gasteiger partial charge in [0.05, 0.1) is 0 Å². The molecule has 0 aliphatic heterocycles. The predicted octanol–water partition coefficient (Wildman–Crippen LogP) is 2.62. The molecular weight excluding hydrogens is 192 g/mol. The molecule has 1 atom stereocenters. The average Bonchev–Trinajstić information content (AvgIpc) is 2.58. The van der Waals surface area contributed by atoms with E-state index in [-0.39, 0.29) is 0 Å². The summed E-state index contributed by atoms with van der Waals surface area (Å²) in [5.41, 5.74) is 0. The van der Waals surface area contributed by atoms with E-state index >= 15 is 0 Å². The van der Waals surface area contributed by atoms with Crippen LogP contribution in [-0.4, -0.2) is 11.2 Å². The van der Waals surface area contributed by atoms with Crippen molar-refractivity contribution in [3.8, 4) is 11.8 Å². The number of hydrogen-bond donors (Lipinski definition) is 1. The van der Waals surface area contributed by atoms with Gasteiger partial charge in [-0.05, 0) is 37.3 Å². The van der Waals surface area contributed by atoms with Gasteiger partial charge in [-0.3, -0.25) is 0 Å². The number of rotatable bonds is 2. The SMILES string of the molecule is C=CC#CC(O)/C=C/c1ccc(C)s1. The molecule has 0 saturated heterocycles. The molecule has 14 heavy (non-hydrogen) atoms. The largest absolute Gasteiger partial charge is 0.377 e. The second-order valence-electron chi connectivity index (χ2n) is 2.75. The van der Waals surface area contributed by atoms with E-state index in [4.69, 9.17) is 0 Å². The molecule has 0 radical (unpaired) electrons. The first-order chi connectivity index (χ1) is 6.72. The number of allylic oxidation sites excluding steroid dienone is 1. The van der Waals surface area contributed by atoms with Crippen LogP contribution in [0.2, 0.25) is 0 Å². The van der Waals surface area contributed by atoms with E-state index < -0.39 is 6.10 Å². The topological polar surface area (TPSA) is 20.2 Å². The Morgan fingerprint density at radius 3 is 2.93 bits per heavy atom. The second-order valence-corrected chi connectivity index (χ2v) is 4.06. The Hall–Kier alpha value is -1.30. The number of thiophene rings is 1. The lowest BCUT2D eigenvalue weighted by Gasteiger charge is -1.91. The first kappa shape index (κ1) is 10.8. The van der Waals surface area contributed by atoms with Crippen LogP contribution in [0.15, 0.2) is 30.9 Å². The van der Waals surface area contributed by atoms with Crippen molar-refractivity contribution in [2.24, 2.45) is 0 Å². The molecule has 0 bridgehead atoms. The molecule has 0 saturated carbocycles. The molecule has 72 valence electrons. The molecular formula is C12H12OS. The summed E-state index contributed by atoms with van der Waals surface area (Å²) < 4.78 is 0. The zero-order valence-corrected chi connectivity index (χ0v) is 8.84. The molecule has 0 fully saturated rings. The van der Waals surface area contributed by atoms with Gasteiger partial charge >= 0.3 is 0 Å². The Balaban J connectivity index is 2.59. The second kappa shape index (κ2) is 5.43. The van der Waals surface area contributed by atoms with Crippen molar-refractivity contribution in [1.82, 2.24) is 0 Å². The average molecular weight is 204 g/mol. The Kier molecular flexibility index (Phi) is 4.18. The van der Waals surface area contributed by atoms with Crippen molar-refractivity contribution in [2.45, 2.75) is 13.0 Å². The molecule has 1 heterocycles. The van der Waals surface area contributed by atoms with E-state index in [0.29, 0.717) is 0 Å². The third-order valence-electron chi connectivity index (χ3n) is 1.54. The molecule has 1 nitrogen and oxygen atoms in total. The van der Waals surface area contributed by atoms with Crippen molar-refractivity contribution < 1.29 is 5.11 Å². The van der Waals surface area contributed by atoms with E-state index in [2.05, 4.69) is 25.3 Å². The van der Waals surface area contributed by atoms with Gasteiger partial charge in [-0.15, -0.1) is 11.3 Å². The van der Waals surface area contributed by atoms with Gasteiger partial charge in [-0.1, -0.05) is 18.4 Å². The quantitative estimate of drug-likeness (QED) is 0.734. The predicted molar refractivity (Wildman–Crippen MR) is 62.1 cm³/mol. The van der Waals surface area contributed by atoms with E-state index in [1.54, 1.807) is 17.4 Å². The van der Waals surface area contributed by atoms with Gasteiger partial charge < -0.3 is 5.11 Å². The molecule has 0 amide bonds. The van der Waals surface area contributed by atoms with E-state index in [9.17, 15) is 5.11 Å². The fourth-order valence-electron chi connectivity index (χ4n) is 0.921. The van der Waals surface area contributed by atoms with Gasteiger partial charge in [0, 0.05) is 9.75 Å². The lowest BCUT2D eigenvalue weighted by Crippen LogP contribution is -1.95. The highest BCUT2D eigenvalue weighted by atomic mass is 32.1. The van der Waals surface area contributed by atoms with Crippen LogP contribution in [0, 0.1) is 18.8 Å². The molecule has 1 aromatic rings. The summed E-state index contributed by atoms with van der Waals surface area (Å²) in [5.74, 6) is 5.22. The van der Waals surface area contributed by atoms with Crippen LogP contribution in [0.4, 0.5) is 0 Å². The van der Waals surface area contributed by atoms with Gasteiger partial charge in [0.1, 0.15) is 6.10 Å². The van der Waals surface area contributed by atoms with Gasteiger partial charge in [0.25, 0.3) is 0 Å². The number of aliphatic hydroxyl groups excluding tert-OH is 1. The molecule has 2 heteroatoms. The first-order valence-corrected chi connectivity index (χ1v) is 5.08. The maximum atomic E-state index is 9.34. The van der Waals surface area contributed by atoms with E-state index in [1.807, 2.05) is 18.2 Å². The normalized spacial score (nSPS) is 12.1. The van der Waals surface area contributed by atoms with Crippen molar-refractivity contribution >= 4 is 17.4 Å². The van der Waals surface area contributed by atoms with Crippen LogP contribution in [0.3, 0.4) is 0 Å². The highest BCUT2D eigenvalue weighted by Gasteiger charge is 1.93. The van der Waals surface area contributed by atoms with E-state index in [0.717, 1.165) is 4.88 Å². The third-order valence-corrected chi connectivity index (χ3v) is 2.50. The minimum absolute atomic E-state index is 0.713. The summed E-state index contributed by atoms with van der Waals surface area (Å²) in [6.07, 6.45) is 4.30. The monoisotopic (exact) mass is 204 g/mol. The van der Waals surface area contributed by atoms with Gasteiger partial charge in [-0.2, -0.15) is 0 Å². The molecule has 1 N–H and O–H groups in total. The summed E-state index contributed by atoms with van der Waals surface area (Å²) in [6, 6.07) is 4.07. The Bertz CT molecular complexity index is 390. The highest BCUT2D eigenvalue weighted by Crippen LogP contribution is 2.16. The van der Waals surface area contributed by atoms with Crippen molar-refractivity contribution in [2.75, 3.05) is 0 Å². The van der Waals surface area contributed by atoms with E-state index in [1.165, 1.54) is 11.0 Å². The number of hydrogen-bond acceptors (Lipinski definition) is 2. The van der Waals surface area contributed by atoms with Gasteiger partial charge in [0.15, 0.2) is 0 Å². The first-order valence-electron chi connectivity index (χ1n) is 4.27. The summed E-state index contributed by atoms with van der Waals surface area (Å²) in [7, 11) is 0.